The van der Waals surface area contributed by atoms with Gasteiger partial charge in [-0.15, -0.1) is 0 Å². The first kappa shape index (κ1) is 19.1. The van der Waals surface area contributed by atoms with Crippen LogP contribution >= 0.6 is 0 Å². The summed E-state index contributed by atoms with van der Waals surface area (Å²) in [7, 11) is 3.09. The summed E-state index contributed by atoms with van der Waals surface area (Å²) in [6.45, 7) is 8.48. The van der Waals surface area contributed by atoms with Gasteiger partial charge in [-0.05, 0) is 39.5 Å². The van der Waals surface area contributed by atoms with Crippen LogP contribution in [0.25, 0.3) is 0 Å². The first-order chi connectivity index (χ1) is 11.7. The Bertz CT molecular complexity index is 550. The number of carbonyl (C=O) groups excluding carboxylic acids is 1. The van der Waals surface area contributed by atoms with Gasteiger partial charge in [0.1, 0.15) is 5.41 Å². The molecule has 1 saturated carbocycles. The number of ether oxygens (including phenoxy) is 4. The van der Waals surface area contributed by atoms with Crippen LogP contribution in [0, 0.1) is 10.8 Å². The van der Waals surface area contributed by atoms with Gasteiger partial charge in [0.15, 0.2) is 11.6 Å². The van der Waals surface area contributed by atoms with Crippen LogP contribution in [0.15, 0.2) is 0 Å². The van der Waals surface area contributed by atoms with E-state index in [2.05, 4.69) is 20.8 Å². The fourth-order valence-corrected chi connectivity index (χ4v) is 6.10. The summed E-state index contributed by atoms with van der Waals surface area (Å²) in [5.74, 6) is -1.89. The molecule has 0 unspecified atom stereocenters. The van der Waals surface area contributed by atoms with Crippen molar-refractivity contribution in [1.82, 2.24) is 0 Å². The van der Waals surface area contributed by atoms with E-state index in [9.17, 15) is 4.79 Å². The van der Waals surface area contributed by atoms with Crippen LogP contribution in [0.5, 0.6) is 0 Å². The van der Waals surface area contributed by atoms with Crippen molar-refractivity contribution >= 4 is 5.97 Å². The normalized spacial score (nSPS) is 47.4. The van der Waals surface area contributed by atoms with Crippen LogP contribution in [0.3, 0.4) is 0 Å². The van der Waals surface area contributed by atoms with E-state index in [0.717, 1.165) is 44.9 Å². The second kappa shape index (κ2) is 5.93. The van der Waals surface area contributed by atoms with Gasteiger partial charge in [-0.25, -0.2) is 0 Å². The standard InChI is InChI=1S/C20H34O5/c1-7-9-11-18-13-16(3,15(21)22-5)20(23-6)17(4,14-18)19(24-18,25-20)12-10-8-2/h7-14H2,1-6H3/t16-,17+,18+,19+,20-/m1/s1. The zero-order chi connectivity index (χ0) is 18.6. The number of unbranched alkanes of at least 4 members (excludes halogenated alkanes) is 2. The van der Waals surface area contributed by atoms with Gasteiger partial charge in [-0.3, -0.25) is 4.79 Å². The molecule has 3 fully saturated rings. The van der Waals surface area contributed by atoms with Gasteiger partial charge in [-0.2, -0.15) is 0 Å². The van der Waals surface area contributed by atoms with E-state index in [1.807, 2.05) is 6.92 Å². The Balaban J connectivity index is 2.07. The molecule has 3 rings (SSSR count). The van der Waals surface area contributed by atoms with Crippen molar-refractivity contribution in [2.45, 2.75) is 96.2 Å². The van der Waals surface area contributed by atoms with Gasteiger partial charge in [0.25, 0.3) is 0 Å². The molecule has 5 atom stereocenters. The minimum absolute atomic E-state index is 0.268. The zero-order valence-electron chi connectivity index (χ0n) is 16.7. The van der Waals surface area contributed by atoms with Gasteiger partial charge < -0.3 is 18.9 Å². The summed E-state index contributed by atoms with van der Waals surface area (Å²) < 4.78 is 24.4. The SMILES string of the molecule is CCCC[C@]12C[C@@]3(C)[C@@](CCCC)(O1)O[C@]3(OC)[C@@](C)(C(=O)OC)C2. The monoisotopic (exact) mass is 354 g/mol. The molecule has 144 valence electrons. The third-order valence-corrected chi connectivity index (χ3v) is 7.10. The van der Waals surface area contributed by atoms with Crippen LogP contribution in [-0.4, -0.2) is 37.4 Å². The van der Waals surface area contributed by atoms with Crippen LogP contribution in [0.2, 0.25) is 0 Å². The highest BCUT2D eigenvalue weighted by Gasteiger charge is 2.90. The molecule has 5 heteroatoms. The molecular weight excluding hydrogens is 320 g/mol. The van der Waals surface area contributed by atoms with E-state index in [0.29, 0.717) is 6.42 Å². The summed E-state index contributed by atoms with van der Waals surface area (Å²) in [6.07, 6.45) is 7.56. The molecule has 0 aromatic heterocycles. The predicted molar refractivity (Wildman–Crippen MR) is 93.9 cm³/mol. The Morgan fingerprint density at radius 3 is 2.20 bits per heavy atom. The molecule has 2 bridgehead atoms. The molecule has 0 aromatic rings. The summed E-state index contributed by atoms with van der Waals surface area (Å²) in [5, 5.41) is 0. The average Bonchev–Trinajstić information content (AvgIpc) is 2.69. The minimum atomic E-state index is -0.979. The van der Waals surface area contributed by atoms with E-state index in [-0.39, 0.29) is 17.0 Å². The summed E-state index contributed by atoms with van der Waals surface area (Å²) in [4.78, 5) is 12.8. The van der Waals surface area contributed by atoms with Crippen molar-refractivity contribution in [2.24, 2.45) is 10.8 Å². The molecule has 2 heterocycles. The maximum absolute atomic E-state index is 12.8. The van der Waals surface area contributed by atoms with Gasteiger partial charge in [0, 0.05) is 13.5 Å². The second-order valence-corrected chi connectivity index (χ2v) is 8.68. The first-order valence-corrected chi connectivity index (χ1v) is 9.78. The third-order valence-electron chi connectivity index (χ3n) is 7.10. The van der Waals surface area contributed by atoms with Crippen LogP contribution < -0.4 is 0 Å². The van der Waals surface area contributed by atoms with Crippen LogP contribution in [0.1, 0.15) is 79.1 Å². The largest absolute Gasteiger partial charge is 0.468 e. The lowest BCUT2D eigenvalue weighted by atomic mass is 9.49. The van der Waals surface area contributed by atoms with E-state index < -0.39 is 17.0 Å². The van der Waals surface area contributed by atoms with E-state index in [4.69, 9.17) is 18.9 Å². The van der Waals surface area contributed by atoms with E-state index in [1.54, 1.807) is 7.11 Å². The van der Waals surface area contributed by atoms with Crippen molar-refractivity contribution in [3.8, 4) is 0 Å². The molecule has 5 nitrogen and oxygen atoms in total. The van der Waals surface area contributed by atoms with Gasteiger partial charge in [0.05, 0.1) is 18.1 Å². The number of methoxy groups -OCH3 is 2. The number of hydrogen-bond donors (Lipinski definition) is 0. The molecule has 3 aliphatic rings. The third kappa shape index (κ3) is 2.09. The fourth-order valence-electron chi connectivity index (χ4n) is 6.10. The molecule has 0 aromatic carbocycles. The van der Waals surface area contributed by atoms with Crippen molar-refractivity contribution in [3.63, 3.8) is 0 Å². The summed E-state index contributed by atoms with van der Waals surface area (Å²) in [5.41, 5.74) is -1.55. The van der Waals surface area contributed by atoms with Crippen molar-refractivity contribution in [1.29, 1.82) is 0 Å². The van der Waals surface area contributed by atoms with Crippen LogP contribution in [0.4, 0.5) is 0 Å². The van der Waals surface area contributed by atoms with Gasteiger partial charge in [0.2, 0.25) is 0 Å². The number of esters is 1. The Morgan fingerprint density at radius 2 is 1.64 bits per heavy atom. The molecule has 0 radical (unpaired) electrons. The number of hydrogen-bond acceptors (Lipinski definition) is 5. The smallest absolute Gasteiger partial charge is 0.317 e. The zero-order valence-corrected chi connectivity index (χ0v) is 16.7. The highest BCUT2D eigenvalue weighted by molar-refractivity contribution is 5.79. The predicted octanol–water partition coefficient (Wildman–Crippen LogP) is 4.18. The van der Waals surface area contributed by atoms with E-state index in [1.165, 1.54) is 7.11 Å². The first-order valence-electron chi connectivity index (χ1n) is 9.78. The quantitative estimate of drug-likeness (QED) is 0.612. The molecule has 0 N–H and O–H groups in total. The van der Waals surface area contributed by atoms with E-state index >= 15 is 0 Å². The van der Waals surface area contributed by atoms with Gasteiger partial charge in [-0.1, -0.05) is 33.1 Å². The lowest BCUT2D eigenvalue weighted by Gasteiger charge is -2.68. The highest BCUT2D eigenvalue weighted by atomic mass is 16.8. The average molecular weight is 354 g/mol. The molecule has 0 spiro atoms. The van der Waals surface area contributed by atoms with Crippen molar-refractivity contribution in [3.05, 3.63) is 0 Å². The molecule has 2 saturated heterocycles. The van der Waals surface area contributed by atoms with Crippen molar-refractivity contribution < 1.29 is 23.7 Å². The molecular formula is C20H34O5. The Morgan fingerprint density at radius 1 is 1.00 bits per heavy atom. The lowest BCUT2D eigenvalue weighted by molar-refractivity contribution is -0.523. The Kier molecular flexibility index (Phi) is 4.54. The van der Waals surface area contributed by atoms with Crippen LogP contribution in [-0.2, 0) is 23.7 Å². The number of rotatable bonds is 8. The Hall–Kier alpha value is -0.650. The molecule has 0 amide bonds. The fraction of sp³-hybridized carbons (Fsp3) is 0.950. The summed E-state index contributed by atoms with van der Waals surface area (Å²) in [6, 6.07) is 0. The number of fused-ring (bicyclic) bond motifs is 1. The highest BCUT2D eigenvalue weighted by Crippen LogP contribution is 2.79. The van der Waals surface area contributed by atoms with Crippen molar-refractivity contribution in [2.75, 3.05) is 14.2 Å². The maximum atomic E-state index is 12.8. The minimum Gasteiger partial charge on any atom is -0.468 e. The maximum Gasteiger partial charge on any atom is 0.317 e. The van der Waals surface area contributed by atoms with Gasteiger partial charge >= 0.3 is 5.97 Å². The lowest BCUT2D eigenvalue weighted by Crippen LogP contribution is -2.81. The molecule has 1 aliphatic carbocycles. The summed E-state index contributed by atoms with van der Waals surface area (Å²) >= 11 is 0. The molecule has 25 heavy (non-hydrogen) atoms. The second-order valence-electron chi connectivity index (χ2n) is 8.68. The topological polar surface area (TPSA) is 54.0 Å². The molecule has 2 aliphatic heterocycles. The Labute approximate surface area is 151 Å². The number of carbonyl (C=O) groups is 1.